The number of carbonyl (C=O) groups is 1. The van der Waals surface area contributed by atoms with Gasteiger partial charge >= 0.3 is 5.97 Å². The van der Waals surface area contributed by atoms with Crippen molar-refractivity contribution in [1.29, 1.82) is 0 Å². The summed E-state index contributed by atoms with van der Waals surface area (Å²) in [5.41, 5.74) is 1.07. The molecule has 0 N–H and O–H groups in total. The van der Waals surface area contributed by atoms with Gasteiger partial charge < -0.3 is 9.47 Å². The minimum absolute atomic E-state index is 0.368. The van der Waals surface area contributed by atoms with Crippen LogP contribution in [-0.2, 0) is 20.9 Å². The number of esters is 1. The van der Waals surface area contributed by atoms with Gasteiger partial charge in [-0.3, -0.25) is 0 Å². The Morgan fingerprint density at radius 3 is 2.56 bits per heavy atom. The van der Waals surface area contributed by atoms with Crippen LogP contribution in [0.2, 0.25) is 0 Å². The Bertz CT molecular complexity index is 355. The molecule has 1 rings (SSSR count). The van der Waals surface area contributed by atoms with E-state index < -0.39 is 0 Å². The molecule has 0 saturated heterocycles. The molecule has 0 radical (unpaired) electrons. The van der Waals surface area contributed by atoms with Crippen LogP contribution in [0.3, 0.4) is 0 Å². The molecule has 0 aliphatic rings. The molecule has 3 nitrogen and oxygen atoms in total. The Hall–Kier alpha value is -1.77. The third kappa shape index (κ3) is 4.64. The Balaban J connectivity index is 2.40. The number of rotatable bonds is 5. The lowest BCUT2D eigenvalue weighted by atomic mass is 10.2. The number of benzene rings is 1. The molecule has 0 saturated carbocycles. The molecule has 0 aromatic heterocycles. The normalized spacial score (nSPS) is 11.0. The van der Waals surface area contributed by atoms with Crippen LogP contribution in [0.1, 0.15) is 19.4 Å². The molecule has 86 valence electrons. The fraction of sp³-hybridized carbons (Fsp3) is 0.308. The van der Waals surface area contributed by atoms with E-state index in [-0.39, 0.29) is 5.97 Å². The van der Waals surface area contributed by atoms with E-state index in [9.17, 15) is 4.79 Å². The van der Waals surface area contributed by atoms with Gasteiger partial charge in [0, 0.05) is 0 Å². The van der Waals surface area contributed by atoms with Crippen molar-refractivity contribution in [3.63, 3.8) is 0 Å². The molecule has 0 atom stereocenters. The molecule has 3 heteroatoms. The number of ether oxygens (including phenoxy) is 2. The van der Waals surface area contributed by atoms with Crippen molar-refractivity contribution in [3.05, 3.63) is 47.7 Å². The fourth-order valence-corrected chi connectivity index (χ4v) is 1.16. The Morgan fingerprint density at radius 2 is 1.94 bits per heavy atom. The second-order valence-corrected chi connectivity index (χ2v) is 3.28. The number of hydrogen-bond acceptors (Lipinski definition) is 3. The summed E-state index contributed by atoms with van der Waals surface area (Å²) in [4.78, 5) is 11.1. The third-order valence-corrected chi connectivity index (χ3v) is 1.92. The van der Waals surface area contributed by atoms with Crippen LogP contribution >= 0.6 is 0 Å². The van der Waals surface area contributed by atoms with Crippen LogP contribution in [0, 0.1) is 0 Å². The van der Waals surface area contributed by atoms with Crippen molar-refractivity contribution in [1.82, 2.24) is 0 Å². The summed E-state index contributed by atoms with van der Waals surface area (Å²) in [6, 6.07) is 9.78. The zero-order valence-corrected chi connectivity index (χ0v) is 9.60. The molecule has 0 bridgehead atoms. The lowest BCUT2D eigenvalue weighted by Gasteiger charge is -2.06. The molecule has 0 amide bonds. The van der Waals surface area contributed by atoms with E-state index in [1.54, 1.807) is 13.8 Å². The van der Waals surface area contributed by atoms with Gasteiger partial charge in [0.1, 0.15) is 12.4 Å². The van der Waals surface area contributed by atoms with Gasteiger partial charge in [-0.05, 0) is 19.4 Å². The fourth-order valence-electron chi connectivity index (χ4n) is 1.16. The molecule has 0 aliphatic heterocycles. The highest BCUT2D eigenvalue weighted by atomic mass is 16.5. The largest absolute Gasteiger partial charge is 0.493 e. The third-order valence-electron chi connectivity index (χ3n) is 1.92. The predicted molar refractivity (Wildman–Crippen MR) is 61.6 cm³/mol. The van der Waals surface area contributed by atoms with Crippen molar-refractivity contribution in [2.45, 2.75) is 20.5 Å². The maximum atomic E-state index is 11.1. The predicted octanol–water partition coefficient (Wildman–Crippen LogP) is 2.67. The van der Waals surface area contributed by atoms with Crippen molar-refractivity contribution in [3.8, 4) is 0 Å². The molecule has 0 spiro atoms. The van der Waals surface area contributed by atoms with E-state index in [1.807, 2.05) is 30.3 Å². The zero-order chi connectivity index (χ0) is 11.8. The van der Waals surface area contributed by atoms with Gasteiger partial charge in [-0.1, -0.05) is 30.3 Å². The number of carbonyl (C=O) groups excluding carboxylic acids is 1. The quantitative estimate of drug-likeness (QED) is 0.435. The van der Waals surface area contributed by atoms with E-state index in [0.717, 1.165) is 5.56 Å². The van der Waals surface area contributed by atoms with E-state index in [0.29, 0.717) is 19.0 Å². The highest BCUT2D eigenvalue weighted by Crippen LogP contribution is 2.05. The molecular weight excluding hydrogens is 204 g/mol. The molecule has 1 aromatic carbocycles. The summed E-state index contributed by atoms with van der Waals surface area (Å²) in [5.74, 6) is 0.190. The first kappa shape index (κ1) is 12.3. The molecule has 0 unspecified atom stereocenters. The highest BCUT2D eigenvalue weighted by molar-refractivity contribution is 5.82. The molecule has 0 heterocycles. The summed E-state index contributed by atoms with van der Waals surface area (Å²) in [5, 5.41) is 0. The monoisotopic (exact) mass is 220 g/mol. The SMILES string of the molecule is CCOC(=O)C=C(C)OCc1ccccc1. The average Bonchev–Trinajstić information content (AvgIpc) is 2.28. The van der Waals surface area contributed by atoms with E-state index in [1.165, 1.54) is 6.08 Å². The minimum Gasteiger partial charge on any atom is -0.493 e. The van der Waals surface area contributed by atoms with Gasteiger partial charge in [-0.15, -0.1) is 0 Å². The second-order valence-electron chi connectivity index (χ2n) is 3.28. The van der Waals surface area contributed by atoms with Gasteiger partial charge in [0.2, 0.25) is 0 Å². The van der Waals surface area contributed by atoms with Gasteiger partial charge in [-0.2, -0.15) is 0 Å². The van der Waals surface area contributed by atoms with Gasteiger partial charge in [0.15, 0.2) is 0 Å². The first-order valence-corrected chi connectivity index (χ1v) is 5.24. The van der Waals surface area contributed by atoms with E-state index >= 15 is 0 Å². The van der Waals surface area contributed by atoms with Crippen molar-refractivity contribution >= 4 is 5.97 Å². The summed E-state index contributed by atoms with van der Waals surface area (Å²) in [6.07, 6.45) is 1.35. The van der Waals surface area contributed by atoms with E-state index in [2.05, 4.69) is 0 Å². The lowest BCUT2D eigenvalue weighted by molar-refractivity contribution is -0.137. The van der Waals surface area contributed by atoms with Crippen molar-refractivity contribution < 1.29 is 14.3 Å². The maximum Gasteiger partial charge on any atom is 0.334 e. The molecular formula is C13H16O3. The molecule has 16 heavy (non-hydrogen) atoms. The summed E-state index contributed by atoms with van der Waals surface area (Å²) < 4.78 is 10.2. The topological polar surface area (TPSA) is 35.5 Å². The van der Waals surface area contributed by atoms with Crippen LogP contribution < -0.4 is 0 Å². The summed E-state index contributed by atoms with van der Waals surface area (Å²) >= 11 is 0. The molecule has 0 aliphatic carbocycles. The van der Waals surface area contributed by atoms with Crippen LogP contribution in [0.5, 0.6) is 0 Å². The van der Waals surface area contributed by atoms with E-state index in [4.69, 9.17) is 9.47 Å². The van der Waals surface area contributed by atoms with Crippen LogP contribution in [-0.4, -0.2) is 12.6 Å². The van der Waals surface area contributed by atoms with Crippen molar-refractivity contribution in [2.24, 2.45) is 0 Å². The van der Waals surface area contributed by atoms with Gasteiger partial charge in [0.25, 0.3) is 0 Å². The zero-order valence-electron chi connectivity index (χ0n) is 9.60. The first-order valence-electron chi connectivity index (χ1n) is 5.24. The standard InChI is InChI=1S/C13H16O3/c1-3-15-13(14)9-11(2)16-10-12-7-5-4-6-8-12/h4-9H,3,10H2,1-2H3. The summed E-state index contributed by atoms with van der Waals surface area (Å²) in [6.45, 7) is 4.34. The molecule has 0 fully saturated rings. The lowest BCUT2D eigenvalue weighted by Crippen LogP contribution is -2.01. The second kappa shape index (κ2) is 6.67. The smallest absolute Gasteiger partial charge is 0.334 e. The van der Waals surface area contributed by atoms with Crippen LogP contribution in [0.25, 0.3) is 0 Å². The average molecular weight is 220 g/mol. The Labute approximate surface area is 95.7 Å². The Morgan fingerprint density at radius 1 is 1.25 bits per heavy atom. The van der Waals surface area contributed by atoms with Crippen LogP contribution in [0.15, 0.2) is 42.2 Å². The maximum absolute atomic E-state index is 11.1. The first-order chi connectivity index (χ1) is 7.72. The Kier molecular flexibility index (Phi) is 5.12. The van der Waals surface area contributed by atoms with Crippen molar-refractivity contribution in [2.75, 3.05) is 6.61 Å². The molecule has 1 aromatic rings. The number of allylic oxidation sites excluding steroid dienone is 1. The summed E-state index contributed by atoms with van der Waals surface area (Å²) in [7, 11) is 0. The highest BCUT2D eigenvalue weighted by Gasteiger charge is 1.99. The minimum atomic E-state index is -0.368. The van der Waals surface area contributed by atoms with Crippen LogP contribution in [0.4, 0.5) is 0 Å². The van der Waals surface area contributed by atoms with Gasteiger partial charge in [-0.25, -0.2) is 4.79 Å². The number of hydrogen-bond donors (Lipinski definition) is 0. The van der Waals surface area contributed by atoms with Gasteiger partial charge in [0.05, 0.1) is 12.7 Å².